The first-order chi connectivity index (χ1) is 25.2. The van der Waals surface area contributed by atoms with E-state index in [1.54, 1.807) is 56.0 Å². The lowest BCUT2D eigenvalue weighted by Crippen LogP contribution is -2.63. The molecule has 0 radical (unpaired) electrons. The van der Waals surface area contributed by atoms with Crippen molar-refractivity contribution < 1.29 is 41.3 Å². The van der Waals surface area contributed by atoms with E-state index in [1.807, 2.05) is 0 Å². The second-order valence-electron chi connectivity index (χ2n) is 15.5. The van der Waals surface area contributed by atoms with Gasteiger partial charge in [-0.05, 0) is 114 Å². The molecule has 3 fully saturated rings. The number of carbonyl (C=O) groups is 1. The molecule has 6 rings (SSSR count). The molecule has 2 heterocycles. The number of hydrogen-bond acceptors (Lipinski definition) is 8. The Morgan fingerprint density at radius 3 is 2.15 bits per heavy atom. The molecule has 13 heteroatoms. The summed E-state index contributed by atoms with van der Waals surface area (Å²) in [6.07, 6.45) is 5.17. The molecule has 2 bridgehead atoms. The van der Waals surface area contributed by atoms with Crippen molar-refractivity contribution in [1.82, 2.24) is 14.9 Å². The third-order valence-electron chi connectivity index (χ3n) is 10.3. The summed E-state index contributed by atoms with van der Waals surface area (Å²) >= 11 is 0. The number of aliphatic hydroxyl groups excluding tert-OH is 1. The Bertz CT molecular complexity index is 1770. The molecule has 3 aromatic rings. The van der Waals surface area contributed by atoms with Crippen LogP contribution in [0.25, 0.3) is 0 Å². The van der Waals surface area contributed by atoms with Crippen LogP contribution in [0, 0.1) is 5.92 Å². The van der Waals surface area contributed by atoms with Crippen LogP contribution in [0.3, 0.4) is 0 Å². The molecule has 1 amide bonds. The molecule has 4 atom stereocenters. The molecular formula is C40H51F2N3O7S. The van der Waals surface area contributed by atoms with Crippen LogP contribution in [0.15, 0.2) is 83.8 Å². The number of sulfonamides is 1. The molecular weight excluding hydrogens is 705 g/mol. The van der Waals surface area contributed by atoms with Crippen molar-refractivity contribution in [3.05, 3.63) is 84.4 Å². The van der Waals surface area contributed by atoms with Crippen LogP contribution in [0.5, 0.6) is 17.2 Å². The molecule has 53 heavy (non-hydrogen) atoms. The van der Waals surface area contributed by atoms with E-state index in [9.17, 15) is 18.3 Å². The SMILES string of the molecule is CC(C)(C)OC(=O)NC1CC2CCC(C1)N2C(O)C(NS(=O)(=O)c1ccc(OCC2CCCCC2)cc1)C(F)(F)c1cccc(Oc2ccccc2)c1. The fraction of sp³-hybridized carbons (Fsp3) is 0.525. The van der Waals surface area contributed by atoms with Crippen LogP contribution >= 0.6 is 0 Å². The van der Waals surface area contributed by atoms with E-state index >= 15 is 8.78 Å². The maximum atomic E-state index is 17.0. The maximum absolute atomic E-state index is 17.0. The quantitative estimate of drug-likeness (QED) is 0.162. The van der Waals surface area contributed by atoms with Gasteiger partial charge in [-0.3, -0.25) is 4.90 Å². The summed E-state index contributed by atoms with van der Waals surface area (Å²) in [5.41, 5.74) is -1.22. The van der Waals surface area contributed by atoms with Gasteiger partial charge in [0.2, 0.25) is 10.0 Å². The lowest BCUT2D eigenvalue weighted by molar-refractivity contribution is -0.142. The van der Waals surface area contributed by atoms with Gasteiger partial charge in [0.1, 0.15) is 35.1 Å². The van der Waals surface area contributed by atoms with E-state index in [2.05, 4.69) is 10.0 Å². The van der Waals surface area contributed by atoms with Gasteiger partial charge in [-0.1, -0.05) is 49.6 Å². The van der Waals surface area contributed by atoms with Gasteiger partial charge < -0.3 is 24.6 Å². The Balaban J connectivity index is 1.24. The van der Waals surface area contributed by atoms with Crippen molar-refractivity contribution in [3.63, 3.8) is 0 Å². The minimum atomic E-state index is -4.58. The molecule has 0 aromatic heterocycles. The zero-order chi connectivity index (χ0) is 37.8. The van der Waals surface area contributed by atoms with Crippen LogP contribution in [-0.2, 0) is 20.7 Å². The van der Waals surface area contributed by atoms with Crippen LogP contribution in [0.4, 0.5) is 13.6 Å². The number of hydrogen-bond donors (Lipinski definition) is 3. The minimum Gasteiger partial charge on any atom is -0.493 e. The Labute approximate surface area is 311 Å². The molecule has 3 aromatic carbocycles. The summed E-state index contributed by atoms with van der Waals surface area (Å²) in [7, 11) is -4.58. The van der Waals surface area contributed by atoms with Crippen molar-refractivity contribution in [2.24, 2.45) is 5.92 Å². The molecule has 288 valence electrons. The van der Waals surface area contributed by atoms with E-state index in [1.165, 1.54) is 61.7 Å². The number of carbonyl (C=O) groups excluding carboxylic acids is 1. The standard InChI is InChI=1S/C40H51F2N3O7S/c1-39(2,3)52-38(47)43-29-24-30-17-18-31(25-29)45(30)37(46)36(40(41,42)28-13-10-16-34(23-28)51-33-14-8-5-9-15-33)44-53(48,49)35-21-19-32(20-22-35)50-26-27-11-6-4-7-12-27/h5,8-10,13-16,19-23,27,29-31,36-37,44,46H,4,6-7,11-12,17-18,24-26H2,1-3H3,(H,43,47). The lowest BCUT2D eigenvalue weighted by atomic mass is 9.90. The number of piperidine rings is 1. The molecule has 3 aliphatic rings. The monoisotopic (exact) mass is 755 g/mol. The first kappa shape index (κ1) is 38.9. The van der Waals surface area contributed by atoms with Crippen molar-refractivity contribution in [2.75, 3.05) is 6.61 Å². The summed E-state index contributed by atoms with van der Waals surface area (Å²) < 4.78 is 81.1. The lowest BCUT2D eigenvalue weighted by Gasteiger charge is -2.45. The fourth-order valence-corrected chi connectivity index (χ4v) is 9.06. The number of alkyl carbamates (subject to hydrolysis) is 1. The van der Waals surface area contributed by atoms with Gasteiger partial charge in [0.05, 0.1) is 11.5 Å². The average molecular weight is 756 g/mol. The minimum absolute atomic E-state index is 0.127. The molecule has 0 spiro atoms. The predicted octanol–water partition coefficient (Wildman–Crippen LogP) is 7.72. The van der Waals surface area contributed by atoms with Gasteiger partial charge in [-0.25, -0.2) is 13.2 Å². The van der Waals surface area contributed by atoms with E-state index in [4.69, 9.17) is 14.2 Å². The van der Waals surface area contributed by atoms with Gasteiger partial charge in [0, 0.05) is 23.7 Å². The number of rotatable bonds is 13. The zero-order valence-corrected chi connectivity index (χ0v) is 31.4. The van der Waals surface area contributed by atoms with E-state index < -0.39 is 45.5 Å². The van der Waals surface area contributed by atoms with Crippen molar-refractivity contribution >= 4 is 16.1 Å². The largest absolute Gasteiger partial charge is 0.493 e. The van der Waals surface area contributed by atoms with Crippen LogP contribution in [0.2, 0.25) is 0 Å². The Morgan fingerprint density at radius 1 is 0.868 bits per heavy atom. The van der Waals surface area contributed by atoms with E-state index in [0.717, 1.165) is 18.9 Å². The van der Waals surface area contributed by atoms with Crippen molar-refractivity contribution in [2.45, 2.75) is 125 Å². The second kappa shape index (κ2) is 16.3. The maximum Gasteiger partial charge on any atom is 0.407 e. The highest BCUT2D eigenvalue weighted by atomic mass is 32.2. The number of halogens is 2. The summed E-state index contributed by atoms with van der Waals surface area (Å²) in [6, 6.07) is 16.3. The summed E-state index contributed by atoms with van der Waals surface area (Å²) in [4.78, 5) is 13.9. The van der Waals surface area contributed by atoms with Gasteiger partial charge in [-0.15, -0.1) is 0 Å². The zero-order valence-electron chi connectivity index (χ0n) is 30.5. The Hall–Kier alpha value is -3.78. The molecule has 1 aliphatic carbocycles. The van der Waals surface area contributed by atoms with Gasteiger partial charge in [0.15, 0.2) is 0 Å². The smallest absolute Gasteiger partial charge is 0.407 e. The molecule has 2 saturated heterocycles. The summed E-state index contributed by atoms with van der Waals surface area (Å²) in [5, 5.41) is 14.8. The first-order valence-electron chi connectivity index (χ1n) is 18.6. The van der Waals surface area contributed by atoms with Crippen molar-refractivity contribution in [3.8, 4) is 17.2 Å². The van der Waals surface area contributed by atoms with Crippen LogP contribution < -0.4 is 19.5 Å². The second-order valence-corrected chi connectivity index (χ2v) is 17.2. The number of benzene rings is 3. The van der Waals surface area contributed by atoms with Crippen LogP contribution in [0.1, 0.15) is 84.1 Å². The molecule has 2 aliphatic heterocycles. The molecule has 1 saturated carbocycles. The number of nitrogens with one attached hydrogen (secondary N) is 2. The summed E-state index contributed by atoms with van der Waals surface area (Å²) in [5.74, 6) is -2.40. The normalized spacial score (nSPS) is 22.5. The van der Waals surface area contributed by atoms with E-state index in [0.29, 0.717) is 49.7 Å². The number of amides is 1. The number of ether oxygens (including phenoxy) is 3. The van der Waals surface area contributed by atoms with Gasteiger partial charge in [0.25, 0.3) is 5.92 Å². The van der Waals surface area contributed by atoms with Crippen molar-refractivity contribution in [1.29, 1.82) is 0 Å². The number of aliphatic hydroxyl groups is 1. The highest BCUT2D eigenvalue weighted by Gasteiger charge is 2.54. The highest BCUT2D eigenvalue weighted by molar-refractivity contribution is 7.89. The third kappa shape index (κ3) is 9.86. The Kier molecular flexibility index (Phi) is 12.0. The molecule has 4 unspecified atom stereocenters. The number of nitrogens with zero attached hydrogens (tertiary/aromatic N) is 1. The highest BCUT2D eigenvalue weighted by Crippen LogP contribution is 2.43. The average Bonchev–Trinajstić information content (AvgIpc) is 3.39. The third-order valence-corrected chi connectivity index (χ3v) is 11.8. The number of alkyl halides is 2. The topological polar surface area (TPSA) is 126 Å². The van der Waals surface area contributed by atoms with E-state index in [-0.39, 0.29) is 28.8 Å². The van der Waals surface area contributed by atoms with Crippen LogP contribution in [-0.4, -0.2) is 67.1 Å². The molecule has 10 nitrogen and oxygen atoms in total. The predicted molar refractivity (Wildman–Crippen MR) is 197 cm³/mol. The Morgan fingerprint density at radius 2 is 1.51 bits per heavy atom. The number of fused-ring (bicyclic) bond motifs is 2. The fourth-order valence-electron chi connectivity index (χ4n) is 7.82. The summed E-state index contributed by atoms with van der Waals surface area (Å²) in [6.45, 7) is 5.82. The first-order valence-corrected chi connectivity index (χ1v) is 20.1. The van der Waals surface area contributed by atoms with Gasteiger partial charge >= 0.3 is 6.09 Å². The number of para-hydroxylation sites is 1. The molecule has 3 N–H and O–H groups in total. The van der Waals surface area contributed by atoms with Gasteiger partial charge in [-0.2, -0.15) is 13.5 Å².